The summed E-state index contributed by atoms with van der Waals surface area (Å²) in [6.45, 7) is 0.182. The predicted molar refractivity (Wildman–Crippen MR) is 165 cm³/mol. The smallest absolute Gasteiger partial charge is 0.496 e. The number of hydrogen-bond acceptors (Lipinski definition) is 7. The van der Waals surface area contributed by atoms with Gasteiger partial charge in [0.25, 0.3) is 15.7 Å². The van der Waals surface area contributed by atoms with Gasteiger partial charge in [0.15, 0.2) is 0 Å². The lowest BCUT2D eigenvalue weighted by Crippen LogP contribution is -2.48. The predicted octanol–water partition coefficient (Wildman–Crippen LogP) is 5.82. The summed E-state index contributed by atoms with van der Waals surface area (Å²) in [6.07, 6.45) is 2.32. The lowest BCUT2D eigenvalue weighted by molar-refractivity contribution is -0.137. The van der Waals surface area contributed by atoms with Crippen LogP contribution in [-0.4, -0.2) is 56.6 Å². The number of carbonyl (C=O) groups excluding carboxylic acids is 2. The molecule has 4 atom stereocenters. The zero-order valence-corrected chi connectivity index (χ0v) is 26.4. The van der Waals surface area contributed by atoms with Crippen LogP contribution >= 0.6 is 0 Å². The zero-order valence-electron chi connectivity index (χ0n) is 25.6. The summed E-state index contributed by atoms with van der Waals surface area (Å²) in [5.74, 6) is -3.35. The molecule has 256 valence electrons. The fraction of sp³-hybridized carbons (Fsp3) is 0.364. The van der Waals surface area contributed by atoms with Crippen molar-refractivity contribution in [2.24, 2.45) is 17.8 Å². The summed E-state index contributed by atoms with van der Waals surface area (Å²) in [6, 6.07) is 12.0. The molecule has 3 aromatic rings. The van der Waals surface area contributed by atoms with Gasteiger partial charge >= 0.3 is 11.5 Å². The molecule has 2 amide bonds. The molecule has 0 radical (unpaired) electrons. The molecule has 5 rings (SSSR count). The average molecular weight is 693 g/mol. The number of carboxylic acids is 1. The van der Waals surface area contributed by atoms with Crippen LogP contribution in [0.1, 0.15) is 42.5 Å². The van der Waals surface area contributed by atoms with Gasteiger partial charge in [0.2, 0.25) is 5.91 Å². The van der Waals surface area contributed by atoms with Crippen LogP contribution in [0.25, 0.3) is 11.1 Å². The lowest BCUT2D eigenvalue weighted by atomic mass is 9.83. The minimum Gasteiger partial charge on any atom is -0.496 e. The third-order valence-corrected chi connectivity index (χ3v) is 10.2. The van der Waals surface area contributed by atoms with Crippen LogP contribution in [0.3, 0.4) is 0 Å². The standard InChI is InChI=1S/C33H32F4N2O8S/c1-46-27-17-26(34)24(18-9-11-22(12-10-18)47-13-3-6-28(40)41)16-25(27)31(42)39-30-20-8-7-19(14-20)29(30)32(43)38-21-4-2-5-23(15-21)48(44,45)33(35,36)37/h2,4-5,9-12,15-17,19-20,29-30H,3,6-8,13-14H2,1H3,(H,38,43)(H,39,42)(H,40,41)/t19-,20+,29+,30-/m1/s1. The van der Waals surface area contributed by atoms with Crippen LogP contribution in [0.2, 0.25) is 0 Å². The zero-order chi connectivity index (χ0) is 34.8. The van der Waals surface area contributed by atoms with Crippen LogP contribution in [0, 0.1) is 23.6 Å². The lowest BCUT2D eigenvalue weighted by Gasteiger charge is -2.31. The van der Waals surface area contributed by atoms with E-state index < -0.39 is 55.8 Å². The molecule has 0 aromatic heterocycles. The number of carboxylic acid groups (broad SMARTS) is 1. The first-order valence-electron chi connectivity index (χ1n) is 15.0. The van der Waals surface area contributed by atoms with Gasteiger partial charge < -0.3 is 25.2 Å². The number of hydrogen-bond donors (Lipinski definition) is 3. The van der Waals surface area contributed by atoms with Gasteiger partial charge in [-0.05, 0) is 79.5 Å². The van der Waals surface area contributed by atoms with Crippen LogP contribution in [0.15, 0.2) is 65.6 Å². The number of methoxy groups -OCH3 is 1. The van der Waals surface area contributed by atoms with E-state index in [1.165, 1.54) is 19.2 Å². The Hall–Kier alpha value is -4.66. The van der Waals surface area contributed by atoms with Crippen molar-refractivity contribution >= 4 is 33.3 Å². The molecule has 3 N–H and O–H groups in total. The number of benzene rings is 3. The molecule has 15 heteroatoms. The summed E-state index contributed by atoms with van der Waals surface area (Å²) < 4.78 is 89.1. The van der Waals surface area contributed by atoms with E-state index >= 15 is 4.39 Å². The maximum atomic E-state index is 15.2. The highest BCUT2D eigenvalue weighted by atomic mass is 32.2. The highest BCUT2D eigenvalue weighted by molar-refractivity contribution is 7.92. The number of rotatable bonds is 12. The van der Waals surface area contributed by atoms with Gasteiger partial charge in [0.05, 0.1) is 30.1 Å². The maximum absolute atomic E-state index is 15.2. The van der Waals surface area contributed by atoms with E-state index in [0.29, 0.717) is 30.6 Å². The number of sulfone groups is 1. The van der Waals surface area contributed by atoms with Crippen LogP contribution < -0.4 is 20.1 Å². The molecule has 0 saturated heterocycles. The van der Waals surface area contributed by atoms with Gasteiger partial charge in [-0.15, -0.1) is 0 Å². The Morgan fingerprint density at radius 3 is 2.38 bits per heavy atom. The van der Waals surface area contributed by atoms with E-state index in [1.54, 1.807) is 24.3 Å². The van der Waals surface area contributed by atoms with E-state index in [1.807, 2.05) is 0 Å². The van der Waals surface area contributed by atoms with E-state index in [0.717, 1.165) is 30.7 Å². The molecule has 2 bridgehead atoms. The van der Waals surface area contributed by atoms with Gasteiger partial charge in [-0.25, -0.2) is 12.8 Å². The number of fused-ring (bicyclic) bond motifs is 2. The third-order valence-electron chi connectivity index (χ3n) is 8.74. The average Bonchev–Trinajstić information content (AvgIpc) is 3.65. The van der Waals surface area contributed by atoms with Crippen LogP contribution in [0.4, 0.5) is 23.2 Å². The SMILES string of the molecule is COc1cc(F)c(-c2ccc(OCCCC(=O)O)cc2)cc1C(=O)N[C@@H]1[C@H]2CC[C@H](C2)[C@@H]1C(=O)Nc1cccc(S(=O)(=O)C(F)(F)F)c1. The molecule has 0 aliphatic heterocycles. The molecule has 2 fully saturated rings. The van der Waals surface area contributed by atoms with Crippen molar-refractivity contribution in [3.63, 3.8) is 0 Å². The molecule has 48 heavy (non-hydrogen) atoms. The van der Waals surface area contributed by atoms with Gasteiger partial charge in [-0.3, -0.25) is 14.4 Å². The monoisotopic (exact) mass is 692 g/mol. The minimum atomic E-state index is -5.63. The Morgan fingerprint density at radius 1 is 1.00 bits per heavy atom. The van der Waals surface area contributed by atoms with Crippen LogP contribution in [0.5, 0.6) is 11.5 Å². The number of nitrogens with one attached hydrogen (secondary N) is 2. The molecule has 2 saturated carbocycles. The number of ether oxygens (including phenoxy) is 2. The summed E-state index contributed by atoms with van der Waals surface area (Å²) in [4.78, 5) is 36.9. The van der Waals surface area contributed by atoms with Crippen molar-refractivity contribution < 1.29 is 54.9 Å². The topological polar surface area (TPSA) is 148 Å². The second-order valence-electron chi connectivity index (χ2n) is 11.7. The summed E-state index contributed by atoms with van der Waals surface area (Å²) in [7, 11) is -4.35. The minimum absolute atomic E-state index is 0.00915. The normalized spacial score (nSPS) is 20.3. The molecule has 0 heterocycles. The molecule has 3 aromatic carbocycles. The van der Waals surface area contributed by atoms with Crippen molar-refractivity contribution in [2.45, 2.75) is 48.5 Å². The van der Waals surface area contributed by atoms with Crippen molar-refractivity contribution in [3.8, 4) is 22.6 Å². The Balaban J connectivity index is 1.33. The first-order valence-corrected chi connectivity index (χ1v) is 16.5. The number of aliphatic carboxylic acids is 1. The molecular weight excluding hydrogens is 660 g/mol. The Labute approximate surface area is 273 Å². The first-order chi connectivity index (χ1) is 22.7. The van der Waals surface area contributed by atoms with Crippen molar-refractivity contribution in [2.75, 3.05) is 19.0 Å². The molecule has 10 nitrogen and oxygen atoms in total. The second kappa shape index (κ2) is 13.8. The highest BCUT2D eigenvalue weighted by Crippen LogP contribution is 2.49. The second-order valence-corrected chi connectivity index (χ2v) is 13.7. The largest absolute Gasteiger partial charge is 0.501 e. The summed E-state index contributed by atoms with van der Waals surface area (Å²) in [5.41, 5.74) is -5.13. The van der Waals surface area contributed by atoms with Crippen molar-refractivity contribution in [3.05, 3.63) is 72.0 Å². The third kappa shape index (κ3) is 7.25. The molecule has 0 spiro atoms. The van der Waals surface area contributed by atoms with Crippen molar-refractivity contribution in [1.82, 2.24) is 5.32 Å². The Morgan fingerprint density at radius 2 is 1.71 bits per heavy atom. The van der Waals surface area contributed by atoms with Gasteiger partial charge in [0.1, 0.15) is 17.3 Å². The van der Waals surface area contributed by atoms with E-state index in [4.69, 9.17) is 14.6 Å². The first kappa shape index (κ1) is 34.7. The van der Waals surface area contributed by atoms with E-state index in [2.05, 4.69) is 10.6 Å². The number of halogens is 4. The summed E-state index contributed by atoms with van der Waals surface area (Å²) >= 11 is 0. The van der Waals surface area contributed by atoms with Crippen molar-refractivity contribution in [1.29, 1.82) is 0 Å². The number of amides is 2. The number of anilines is 1. The van der Waals surface area contributed by atoms with Crippen LogP contribution in [-0.2, 0) is 19.4 Å². The van der Waals surface area contributed by atoms with E-state index in [-0.39, 0.29) is 47.4 Å². The fourth-order valence-electron chi connectivity index (χ4n) is 6.47. The molecule has 2 aliphatic rings. The highest BCUT2D eigenvalue weighted by Gasteiger charge is 2.52. The molecule has 2 aliphatic carbocycles. The Kier molecular flexibility index (Phi) is 9.99. The number of carbonyl (C=O) groups is 3. The Bertz CT molecular complexity index is 1810. The van der Waals surface area contributed by atoms with Gasteiger partial charge in [-0.2, -0.15) is 13.2 Å². The molecule has 0 unspecified atom stereocenters. The van der Waals surface area contributed by atoms with Gasteiger partial charge in [-0.1, -0.05) is 18.2 Å². The number of alkyl halides is 3. The maximum Gasteiger partial charge on any atom is 0.501 e. The quantitative estimate of drug-likeness (QED) is 0.159. The van der Waals surface area contributed by atoms with Gasteiger partial charge in [0, 0.05) is 29.8 Å². The fourth-order valence-corrected chi connectivity index (χ4v) is 7.28. The molecular formula is C33H32F4N2O8S. The van der Waals surface area contributed by atoms with E-state index in [9.17, 15) is 36.0 Å². The summed E-state index contributed by atoms with van der Waals surface area (Å²) in [5, 5.41) is 14.2.